The summed E-state index contributed by atoms with van der Waals surface area (Å²) in [5.41, 5.74) is 2.05. The number of hydrogen-bond acceptors (Lipinski definition) is 6. The van der Waals surface area contributed by atoms with E-state index in [9.17, 15) is 18.4 Å². The molecule has 35 heavy (non-hydrogen) atoms. The molecular formula is C25H21ClF2N2O5. The summed E-state index contributed by atoms with van der Waals surface area (Å²) in [6.45, 7) is -0.675. The second-order valence-corrected chi connectivity index (χ2v) is 7.99. The number of ketones is 1. The molecule has 0 saturated carbocycles. The Morgan fingerprint density at radius 2 is 2.00 bits per heavy atom. The molecule has 182 valence electrons. The van der Waals surface area contributed by atoms with Gasteiger partial charge in [-0.3, -0.25) is 9.59 Å². The molecule has 1 aromatic heterocycles. The van der Waals surface area contributed by atoms with E-state index in [1.54, 1.807) is 6.07 Å². The van der Waals surface area contributed by atoms with Crippen molar-refractivity contribution in [1.82, 2.24) is 10.3 Å². The normalized spacial score (nSPS) is 12.0. The molecule has 0 saturated heterocycles. The van der Waals surface area contributed by atoms with Crippen LogP contribution in [0.3, 0.4) is 0 Å². The second-order valence-electron chi connectivity index (χ2n) is 7.58. The monoisotopic (exact) mass is 502 g/mol. The number of pyridine rings is 1. The Morgan fingerprint density at radius 1 is 1.17 bits per heavy atom. The van der Waals surface area contributed by atoms with Crippen molar-refractivity contribution >= 4 is 23.3 Å². The molecule has 1 aliphatic heterocycles. The minimum atomic E-state index is -0.660. The van der Waals surface area contributed by atoms with Gasteiger partial charge in [0.15, 0.2) is 17.3 Å². The van der Waals surface area contributed by atoms with Crippen LogP contribution in [-0.2, 0) is 6.42 Å². The molecule has 0 unspecified atom stereocenters. The lowest BCUT2D eigenvalue weighted by Crippen LogP contribution is -2.30. The summed E-state index contributed by atoms with van der Waals surface area (Å²) in [6, 6.07) is 10.2. The largest absolute Gasteiger partial charge is 0.493 e. The molecule has 0 aliphatic carbocycles. The number of hydrogen-bond donors (Lipinski definition) is 1. The Balaban J connectivity index is 1.51. The van der Waals surface area contributed by atoms with Gasteiger partial charge in [0.05, 0.1) is 25.3 Å². The third-order valence-corrected chi connectivity index (χ3v) is 5.61. The number of nitrogens with zero attached hydrogens (tertiary/aromatic N) is 1. The molecule has 1 amide bonds. The summed E-state index contributed by atoms with van der Waals surface area (Å²) in [7, 11) is 1.40. The topological polar surface area (TPSA) is 86.8 Å². The maximum absolute atomic E-state index is 13.6. The average molecular weight is 503 g/mol. The van der Waals surface area contributed by atoms with Crippen molar-refractivity contribution in [3.63, 3.8) is 0 Å². The van der Waals surface area contributed by atoms with Gasteiger partial charge in [0.25, 0.3) is 5.91 Å². The summed E-state index contributed by atoms with van der Waals surface area (Å²) < 4.78 is 42.1. The number of aromatic nitrogens is 1. The summed E-state index contributed by atoms with van der Waals surface area (Å²) in [5.74, 6) is -0.408. The lowest BCUT2D eigenvalue weighted by molar-refractivity contribution is 0.0902. The number of alkyl halides is 1. The summed E-state index contributed by atoms with van der Waals surface area (Å²) in [6.07, 6.45) is 0.586. The van der Waals surface area contributed by atoms with Crippen LogP contribution in [0.15, 0.2) is 42.5 Å². The SMILES string of the molecule is COc1cc(C(=O)NCC(=O)c2cc3c(c(-c4ccc(F)c(Cl)c4)n2)OCC3)ccc1OCCF. The number of benzene rings is 2. The van der Waals surface area contributed by atoms with Gasteiger partial charge >= 0.3 is 0 Å². The molecule has 0 spiro atoms. The summed E-state index contributed by atoms with van der Waals surface area (Å²) >= 11 is 5.92. The standard InChI is InChI=1S/C25H21ClF2N2O5/c1-33-22-12-16(3-5-21(22)34-9-7-27)25(32)29-13-20(31)19-11-15-6-8-35-24(15)23(30-19)14-2-4-18(28)17(26)10-14/h2-5,10-12H,6-9,13H2,1H3,(H,29,32). The average Bonchev–Trinajstić information content (AvgIpc) is 3.35. The molecule has 0 fully saturated rings. The number of methoxy groups -OCH3 is 1. The number of halogens is 3. The van der Waals surface area contributed by atoms with Crippen molar-refractivity contribution in [3.8, 4) is 28.5 Å². The third-order valence-electron chi connectivity index (χ3n) is 5.32. The van der Waals surface area contributed by atoms with E-state index in [4.69, 9.17) is 25.8 Å². The number of nitrogens with one attached hydrogen (secondary N) is 1. The third kappa shape index (κ3) is 5.35. The first-order valence-corrected chi connectivity index (χ1v) is 11.1. The van der Waals surface area contributed by atoms with Crippen molar-refractivity contribution < 1.29 is 32.6 Å². The predicted molar refractivity (Wildman–Crippen MR) is 125 cm³/mol. The van der Waals surface area contributed by atoms with Crippen molar-refractivity contribution in [1.29, 1.82) is 0 Å². The fourth-order valence-corrected chi connectivity index (χ4v) is 3.79. The van der Waals surface area contributed by atoms with Crippen molar-refractivity contribution in [2.75, 3.05) is 33.5 Å². The van der Waals surface area contributed by atoms with Gasteiger partial charge in [-0.15, -0.1) is 0 Å². The zero-order valence-corrected chi connectivity index (χ0v) is 19.5. The highest BCUT2D eigenvalue weighted by Crippen LogP contribution is 2.37. The number of carbonyl (C=O) groups excluding carboxylic acids is 2. The fourth-order valence-electron chi connectivity index (χ4n) is 3.61. The van der Waals surface area contributed by atoms with Gasteiger partial charge < -0.3 is 19.5 Å². The number of ether oxygens (including phenoxy) is 3. The Bertz CT molecular complexity index is 1280. The highest BCUT2D eigenvalue weighted by Gasteiger charge is 2.23. The lowest BCUT2D eigenvalue weighted by atomic mass is 10.0. The van der Waals surface area contributed by atoms with Gasteiger partial charge in [-0.05, 0) is 42.5 Å². The van der Waals surface area contributed by atoms with E-state index in [0.29, 0.717) is 35.8 Å². The van der Waals surface area contributed by atoms with Gasteiger partial charge in [0.1, 0.15) is 36.2 Å². The van der Waals surface area contributed by atoms with Crippen molar-refractivity contribution in [2.45, 2.75) is 6.42 Å². The highest BCUT2D eigenvalue weighted by atomic mass is 35.5. The molecule has 0 radical (unpaired) electrons. The molecule has 2 heterocycles. The maximum atomic E-state index is 13.6. The first-order valence-electron chi connectivity index (χ1n) is 10.7. The second kappa shape index (κ2) is 10.7. The van der Waals surface area contributed by atoms with E-state index < -0.39 is 24.2 Å². The summed E-state index contributed by atoms with van der Waals surface area (Å²) in [4.78, 5) is 29.9. The van der Waals surface area contributed by atoms with E-state index in [1.165, 1.54) is 43.5 Å². The molecule has 7 nitrogen and oxygen atoms in total. The Morgan fingerprint density at radius 3 is 2.74 bits per heavy atom. The van der Waals surface area contributed by atoms with Crippen LogP contribution in [-0.4, -0.2) is 50.2 Å². The number of carbonyl (C=O) groups is 2. The van der Waals surface area contributed by atoms with E-state index in [2.05, 4.69) is 10.3 Å². The zero-order valence-electron chi connectivity index (χ0n) is 18.7. The van der Waals surface area contributed by atoms with Gasteiger partial charge in [-0.2, -0.15) is 0 Å². The van der Waals surface area contributed by atoms with Crippen LogP contribution in [0.25, 0.3) is 11.3 Å². The Kier molecular flexibility index (Phi) is 7.45. The first-order chi connectivity index (χ1) is 16.9. The van der Waals surface area contributed by atoms with E-state index in [1.807, 2.05) is 0 Å². The van der Waals surface area contributed by atoms with Crippen LogP contribution >= 0.6 is 11.6 Å². The molecule has 10 heteroatoms. The molecule has 2 aromatic carbocycles. The molecule has 4 rings (SSSR count). The van der Waals surface area contributed by atoms with Crippen LogP contribution in [0.2, 0.25) is 5.02 Å². The van der Waals surface area contributed by atoms with Crippen LogP contribution in [0.4, 0.5) is 8.78 Å². The van der Waals surface area contributed by atoms with Gasteiger partial charge in [-0.25, -0.2) is 13.8 Å². The van der Waals surface area contributed by atoms with E-state index in [-0.39, 0.29) is 35.2 Å². The molecule has 1 N–H and O–H groups in total. The van der Waals surface area contributed by atoms with Gasteiger partial charge in [0, 0.05) is 23.1 Å². The van der Waals surface area contributed by atoms with Gasteiger partial charge in [-0.1, -0.05) is 11.6 Å². The van der Waals surface area contributed by atoms with Crippen LogP contribution in [0.5, 0.6) is 17.2 Å². The number of fused-ring (bicyclic) bond motifs is 1. The molecule has 1 aliphatic rings. The number of rotatable bonds is 9. The van der Waals surface area contributed by atoms with E-state index >= 15 is 0 Å². The van der Waals surface area contributed by atoms with Crippen molar-refractivity contribution in [3.05, 3.63) is 70.1 Å². The molecule has 0 bridgehead atoms. The minimum Gasteiger partial charge on any atom is -0.493 e. The van der Waals surface area contributed by atoms with Crippen LogP contribution in [0.1, 0.15) is 26.4 Å². The first kappa shape index (κ1) is 24.4. The number of amides is 1. The predicted octanol–water partition coefficient (Wildman–Crippen LogP) is 4.45. The van der Waals surface area contributed by atoms with Gasteiger partial charge in [0.2, 0.25) is 0 Å². The Labute approximate surface area is 205 Å². The van der Waals surface area contributed by atoms with Crippen LogP contribution < -0.4 is 19.5 Å². The zero-order chi connectivity index (χ0) is 24.9. The maximum Gasteiger partial charge on any atom is 0.251 e. The highest BCUT2D eigenvalue weighted by molar-refractivity contribution is 6.31. The number of Topliss-reactive ketones (excluding diaryl/α,β-unsaturated/α-hetero) is 1. The molecule has 0 atom stereocenters. The summed E-state index contributed by atoms with van der Waals surface area (Å²) in [5, 5.41) is 2.50. The Hall–Kier alpha value is -3.72. The molecule has 3 aromatic rings. The van der Waals surface area contributed by atoms with E-state index in [0.717, 1.165) is 5.56 Å². The molecular weight excluding hydrogens is 482 g/mol. The fraction of sp³-hybridized carbons (Fsp3) is 0.240. The van der Waals surface area contributed by atoms with Crippen molar-refractivity contribution in [2.24, 2.45) is 0 Å². The lowest BCUT2D eigenvalue weighted by Gasteiger charge is -2.12. The smallest absolute Gasteiger partial charge is 0.251 e. The quantitative estimate of drug-likeness (QED) is 0.435. The van der Waals surface area contributed by atoms with Crippen LogP contribution in [0, 0.1) is 5.82 Å². The minimum absolute atomic E-state index is 0.0726.